The molecule has 198 valence electrons. The summed E-state index contributed by atoms with van der Waals surface area (Å²) in [5.74, 6) is -0.498. The fourth-order valence-electron chi connectivity index (χ4n) is 3.98. The molecular formula is C29H42N2O4S. The molecule has 2 aromatic rings. The average Bonchev–Trinajstić information content (AvgIpc) is 2.87. The zero-order valence-corrected chi connectivity index (χ0v) is 22.4. The normalized spacial score (nSPS) is 13.1. The summed E-state index contributed by atoms with van der Waals surface area (Å²) in [6.45, 7) is 2.14. The summed E-state index contributed by atoms with van der Waals surface area (Å²) in [7, 11) is -3.96. The molecule has 1 amide bonds. The number of carbonyl (C=O) groups is 1. The third-order valence-electron chi connectivity index (χ3n) is 6.03. The molecule has 0 unspecified atom stereocenters. The Hall–Kier alpha value is -2.51. The van der Waals surface area contributed by atoms with Crippen LogP contribution < -0.4 is 4.72 Å². The van der Waals surface area contributed by atoms with E-state index in [9.17, 15) is 18.3 Å². The molecular weight excluding hydrogens is 472 g/mol. The van der Waals surface area contributed by atoms with Crippen molar-refractivity contribution in [2.45, 2.75) is 101 Å². The van der Waals surface area contributed by atoms with Crippen LogP contribution in [0, 0.1) is 0 Å². The van der Waals surface area contributed by atoms with Gasteiger partial charge in [-0.3, -0.25) is 9.78 Å². The lowest BCUT2D eigenvalue weighted by molar-refractivity contribution is -0.119. The SMILES string of the molecule is CCCC[C@@H](O)/C=C\CCCCCCC/C=C\CCCC(=O)NS(=O)(=O)c1cccc2cccnc12. The number of unbranched alkanes of at least 4 members (excludes halogenated alkanes) is 8. The molecule has 0 aliphatic heterocycles. The Kier molecular flexibility index (Phi) is 14.1. The van der Waals surface area contributed by atoms with Crippen molar-refractivity contribution in [2.24, 2.45) is 0 Å². The molecule has 1 aromatic heterocycles. The number of hydrogen-bond acceptors (Lipinski definition) is 5. The number of para-hydroxylation sites is 1. The highest BCUT2D eigenvalue weighted by Gasteiger charge is 2.20. The molecule has 0 radical (unpaired) electrons. The van der Waals surface area contributed by atoms with Crippen LogP contribution in [0.3, 0.4) is 0 Å². The van der Waals surface area contributed by atoms with Gasteiger partial charge in [0.05, 0.1) is 11.6 Å². The number of allylic oxidation sites excluding steroid dienone is 3. The Labute approximate surface area is 217 Å². The Morgan fingerprint density at radius 2 is 1.61 bits per heavy atom. The van der Waals surface area contributed by atoms with Gasteiger partial charge in [0, 0.05) is 18.0 Å². The predicted molar refractivity (Wildman–Crippen MR) is 147 cm³/mol. The first-order valence-electron chi connectivity index (χ1n) is 13.3. The fourth-order valence-corrected chi connectivity index (χ4v) is 5.18. The Balaban J connectivity index is 1.52. The van der Waals surface area contributed by atoms with Gasteiger partial charge in [-0.15, -0.1) is 0 Å². The van der Waals surface area contributed by atoms with Crippen molar-refractivity contribution in [1.82, 2.24) is 9.71 Å². The lowest BCUT2D eigenvalue weighted by Crippen LogP contribution is -2.30. The number of carbonyl (C=O) groups excluding carboxylic acids is 1. The van der Waals surface area contributed by atoms with Gasteiger partial charge >= 0.3 is 0 Å². The maximum Gasteiger partial charge on any atom is 0.266 e. The fraction of sp³-hybridized carbons (Fsp3) is 0.517. The highest BCUT2D eigenvalue weighted by atomic mass is 32.2. The molecule has 2 N–H and O–H groups in total. The van der Waals surface area contributed by atoms with Gasteiger partial charge < -0.3 is 5.11 Å². The van der Waals surface area contributed by atoms with Crippen LogP contribution in [-0.2, 0) is 14.8 Å². The molecule has 0 fully saturated rings. The van der Waals surface area contributed by atoms with Crippen LogP contribution in [0.2, 0.25) is 0 Å². The van der Waals surface area contributed by atoms with E-state index in [0.29, 0.717) is 17.3 Å². The number of fused-ring (bicyclic) bond motifs is 1. The van der Waals surface area contributed by atoms with Crippen LogP contribution in [0.1, 0.15) is 90.4 Å². The summed E-state index contributed by atoms with van der Waals surface area (Å²) in [5, 5.41) is 10.5. The quantitative estimate of drug-likeness (QED) is 0.172. The van der Waals surface area contributed by atoms with Gasteiger partial charge in [-0.1, -0.05) is 81.5 Å². The van der Waals surface area contributed by atoms with Crippen LogP contribution in [0.25, 0.3) is 10.9 Å². The van der Waals surface area contributed by atoms with Crippen molar-refractivity contribution in [3.05, 3.63) is 60.8 Å². The molecule has 7 heteroatoms. The van der Waals surface area contributed by atoms with E-state index in [2.05, 4.69) is 34.9 Å². The number of benzene rings is 1. The van der Waals surface area contributed by atoms with E-state index in [1.54, 1.807) is 24.3 Å². The van der Waals surface area contributed by atoms with Crippen LogP contribution in [-0.4, -0.2) is 30.5 Å². The maximum absolute atomic E-state index is 12.7. The van der Waals surface area contributed by atoms with Gasteiger partial charge in [-0.05, 0) is 57.1 Å². The summed E-state index contributed by atoms with van der Waals surface area (Å²) in [6, 6.07) is 8.43. The number of sulfonamides is 1. The van der Waals surface area contributed by atoms with Crippen molar-refractivity contribution in [3.63, 3.8) is 0 Å². The second-order valence-corrected chi connectivity index (χ2v) is 10.9. The molecule has 0 aliphatic carbocycles. The van der Waals surface area contributed by atoms with E-state index in [-0.39, 0.29) is 17.4 Å². The van der Waals surface area contributed by atoms with Crippen LogP contribution in [0.15, 0.2) is 65.7 Å². The monoisotopic (exact) mass is 514 g/mol. The van der Waals surface area contributed by atoms with Gasteiger partial charge in [0.2, 0.25) is 5.91 Å². The number of nitrogens with one attached hydrogen (secondary N) is 1. The summed E-state index contributed by atoms with van der Waals surface area (Å²) in [6.07, 6.45) is 22.1. The largest absolute Gasteiger partial charge is 0.389 e. The van der Waals surface area contributed by atoms with Gasteiger partial charge in [-0.25, -0.2) is 13.1 Å². The summed E-state index contributed by atoms with van der Waals surface area (Å²) in [5.41, 5.74) is 0.359. The van der Waals surface area contributed by atoms with Crippen LogP contribution >= 0.6 is 0 Å². The lowest BCUT2D eigenvalue weighted by Gasteiger charge is -2.08. The minimum Gasteiger partial charge on any atom is -0.389 e. The van der Waals surface area contributed by atoms with Crippen molar-refractivity contribution < 1.29 is 18.3 Å². The molecule has 1 heterocycles. The molecule has 36 heavy (non-hydrogen) atoms. The van der Waals surface area contributed by atoms with Crippen molar-refractivity contribution in [3.8, 4) is 0 Å². The van der Waals surface area contributed by atoms with E-state index in [0.717, 1.165) is 44.9 Å². The lowest BCUT2D eigenvalue weighted by atomic mass is 10.1. The number of rotatable bonds is 18. The second kappa shape index (κ2) is 17.0. The summed E-state index contributed by atoms with van der Waals surface area (Å²) in [4.78, 5) is 16.4. The highest BCUT2D eigenvalue weighted by molar-refractivity contribution is 7.90. The van der Waals surface area contributed by atoms with E-state index < -0.39 is 15.9 Å². The predicted octanol–water partition coefficient (Wildman–Crippen LogP) is 6.60. The number of aliphatic hydroxyl groups excluding tert-OH is 1. The standard InChI is InChI=1S/C29H42N2O4S/c1-2-3-20-26(32)21-14-12-10-8-6-4-5-7-9-11-13-15-23-28(33)31-36(34,35)27-22-16-18-25-19-17-24-30-29(25)27/h9,11,14,16-19,21-22,24,26,32H,2-8,10,12-13,15,20,23H2,1H3,(H,31,33)/b11-9-,21-14-/t26-/m1/s1. The molecule has 1 atom stereocenters. The number of amides is 1. The third-order valence-corrected chi connectivity index (χ3v) is 7.43. The van der Waals surface area contributed by atoms with Gasteiger partial charge in [-0.2, -0.15) is 0 Å². The average molecular weight is 515 g/mol. The van der Waals surface area contributed by atoms with E-state index in [4.69, 9.17) is 0 Å². The first-order valence-corrected chi connectivity index (χ1v) is 14.8. The zero-order chi connectivity index (χ0) is 26.1. The van der Waals surface area contributed by atoms with Gasteiger partial charge in [0.25, 0.3) is 10.0 Å². The molecule has 6 nitrogen and oxygen atoms in total. The van der Waals surface area contributed by atoms with Crippen LogP contribution in [0.5, 0.6) is 0 Å². The zero-order valence-electron chi connectivity index (χ0n) is 21.6. The molecule has 0 aliphatic rings. The number of aromatic nitrogens is 1. The first kappa shape index (κ1) is 29.7. The Morgan fingerprint density at radius 1 is 0.944 bits per heavy atom. The maximum atomic E-state index is 12.7. The Bertz CT molecular complexity index is 1070. The topological polar surface area (TPSA) is 96.4 Å². The van der Waals surface area contributed by atoms with Crippen molar-refractivity contribution in [1.29, 1.82) is 0 Å². The van der Waals surface area contributed by atoms with Crippen molar-refractivity contribution in [2.75, 3.05) is 0 Å². The molecule has 0 bridgehead atoms. The number of aliphatic hydroxyl groups is 1. The highest BCUT2D eigenvalue weighted by Crippen LogP contribution is 2.20. The number of nitrogens with zero attached hydrogens (tertiary/aromatic N) is 1. The molecule has 0 spiro atoms. The van der Waals surface area contributed by atoms with Gasteiger partial charge in [0.15, 0.2) is 0 Å². The van der Waals surface area contributed by atoms with E-state index >= 15 is 0 Å². The van der Waals surface area contributed by atoms with Gasteiger partial charge in [0.1, 0.15) is 4.90 Å². The molecule has 0 saturated carbocycles. The minimum absolute atomic E-state index is 0.0199. The number of hydrogen-bond donors (Lipinski definition) is 2. The third kappa shape index (κ3) is 11.5. The summed E-state index contributed by atoms with van der Waals surface area (Å²) < 4.78 is 27.5. The summed E-state index contributed by atoms with van der Waals surface area (Å²) >= 11 is 0. The Morgan fingerprint density at radius 3 is 2.36 bits per heavy atom. The number of pyridine rings is 1. The molecule has 2 rings (SSSR count). The smallest absolute Gasteiger partial charge is 0.266 e. The molecule has 1 aromatic carbocycles. The van der Waals surface area contributed by atoms with E-state index in [1.807, 2.05) is 6.08 Å². The van der Waals surface area contributed by atoms with E-state index in [1.165, 1.54) is 37.9 Å². The second-order valence-electron chi connectivity index (χ2n) is 9.21. The van der Waals surface area contributed by atoms with Crippen LogP contribution in [0.4, 0.5) is 0 Å². The van der Waals surface area contributed by atoms with Crippen molar-refractivity contribution >= 4 is 26.8 Å². The minimum atomic E-state index is -3.96. The first-order chi connectivity index (χ1) is 17.4. The molecule has 0 saturated heterocycles.